The Labute approximate surface area is 187 Å². The summed E-state index contributed by atoms with van der Waals surface area (Å²) in [5.74, 6) is 1.16. The highest BCUT2D eigenvalue weighted by atomic mass is 32.1. The lowest BCUT2D eigenvalue weighted by Crippen LogP contribution is -2.29. The lowest BCUT2D eigenvalue weighted by Gasteiger charge is -2.20. The van der Waals surface area contributed by atoms with Gasteiger partial charge >= 0.3 is 0 Å². The summed E-state index contributed by atoms with van der Waals surface area (Å²) in [5, 5.41) is 10.3. The minimum Gasteiger partial charge on any atom is -0.496 e. The number of nitrogens with zero attached hydrogens (tertiary/aromatic N) is 3. The third-order valence-corrected chi connectivity index (χ3v) is 7.12. The van der Waals surface area contributed by atoms with Gasteiger partial charge in [0, 0.05) is 49.7 Å². The fourth-order valence-corrected chi connectivity index (χ4v) is 5.60. The van der Waals surface area contributed by atoms with Crippen molar-refractivity contribution in [2.24, 2.45) is 0 Å². The first-order valence-electron chi connectivity index (χ1n) is 10.6. The molecule has 0 radical (unpaired) electrons. The molecule has 1 fully saturated rings. The van der Waals surface area contributed by atoms with Crippen molar-refractivity contribution in [3.63, 3.8) is 0 Å². The Morgan fingerprint density at radius 1 is 1.39 bits per heavy atom. The maximum absolute atomic E-state index is 13.1. The molecule has 2 aromatic heterocycles. The number of aromatic nitrogens is 1. The summed E-state index contributed by atoms with van der Waals surface area (Å²) in [6.45, 7) is 5.04. The topological polar surface area (TPSA) is 65.9 Å². The molecular weight excluding hydrogens is 410 g/mol. The molecule has 0 aliphatic carbocycles. The van der Waals surface area contributed by atoms with E-state index < -0.39 is 0 Å². The van der Waals surface area contributed by atoms with Crippen molar-refractivity contribution < 1.29 is 14.6 Å². The third kappa shape index (κ3) is 4.44. The Morgan fingerprint density at radius 2 is 2.23 bits per heavy atom. The van der Waals surface area contributed by atoms with Gasteiger partial charge in [0.05, 0.1) is 18.6 Å². The van der Waals surface area contributed by atoms with Gasteiger partial charge in [0.25, 0.3) is 5.91 Å². The molecule has 31 heavy (non-hydrogen) atoms. The quantitative estimate of drug-likeness (QED) is 0.609. The predicted molar refractivity (Wildman–Crippen MR) is 124 cm³/mol. The number of carbonyl (C=O) groups excluding carboxylic acids is 1. The molecule has 7 heteroatoms. The molecule has 1 aliphatic heterocycles. The number of rotatable bonds is 7. The van der Waals surface area contributed by atoms with E-state index in [1.165, 1.54) is 22.5 Å². The van der Waals surface area contributed by atoms with Gasteiger partial charge in [0.1, 0.15) is 10.6 Å². The normalized spacial score (nSPS) is 16.7. The van der Waals surface area contributed by atoms with E-state index in [-0.39, 0.29) is 18.4 Å². The minimum atomic E-state index is -0.0453. The molecule has 6 nitrogen and oxygen atoms in total. The first-order chi connectivity index (χ1) is 15.0. The van der Waals surface area contributed by atoms with Crippen LogP contribution in [0, 0.1) is 6.92 Å². The number of fused-ring (bicyclic) bond motifs is 1. The van der Waals surface area contributed by atoms with E-state index in [0.717, 1.165) is 52.5 Å². The zero-order chi connectivity index (χ0) is 22.0. The molecule has 1 aromatic carbocycles. The molecule has 1 N–H and O–H groups in total. The van der Waals surface area contributed by atoms with Crippen LogP contribution in [0.4, 0.5) is 0 Å². The van der Waals surface area contributed by atoms with Crippen LogP contribution < -0.4 is 4.74 Å². The molecule has 0 bridgehead atoms. The predicted octanol–water partition coefficient (Wildman–Crippen LogP) is 3.67. The van der Waals surface area contributed by atoms with Crippen molar-refractivity contribution in [1.29, 1.82) is 0 Å². The van der Waals surface area contributed by atoms with Gasteiger partial charge in [0.2, 0.25) is 0 Å². The second-order valence-corrected chi connectivity index (χ2v) is 9.19. The number of hydrogen-bond acceptors (Lipinski definition) is 6. The van der Waals surface area contributed by atoms with E-state index >= 15 is 0 Å². The van der Waals surface area contributed by atoms with Crippen molar-refractivity contribution >= 4 is 27.5 Å². The molecule has 1 atom stereocenters. The summed E-state index contributed by atoms with van der Waals surface area (Å²) in [6, 6.07) is 10.4. The number of likely N-dealkylation sites (N-methyl/N-ethyl adjacent to an activating group) is 1. The van der Waals surface area contributed by atoms with Crippen molar-refractivity contribution in [2.75, 3.05) is 40.4 Å². The largest absolute Gasteiger partial charge is 0.496 e. The Bertz CT molecular complexity index is 1080. The van der Waals surface area contributed by atoms with Gasteiger partial charge in [-0.15, -0.1) is 11.3 Å². The number of aliphatic hydroxyl groups excluding tert-OH is 1. The molecule has 4 rings (SSSR count). The molecule has 164 valence electrons. The van der Waals surface area contributed by atoms with Crippen LogP contribution in [0.15, 0.2) is 36.5 Å². The standard InChI is InChI=1S/C24H29N3O3S/c1-16-6-7-17(20(13-16)30-3)14-27-10-8-18(15-27)21-19-5-4-9-25-23(19)31-22(21)24(29)26(2)11-12-28/h4-7,9,13,18,28H,8,10-12,14-15H2,1-3H3/t18-/m0/s1. The maximum atomic E-state index is 13.1. The van der Waals surface area contributed by atoms with E-state index in [4.69, 9.17) is 4.74 Å². The Hall–Kier alpha value is -2.48. The van der Waals surface area contributed by atoms with Gasteiger partial charge in [-0.25, -0.2) is 4.98 Å². The summed E-state index contributed by atoms with van der Waals surface area (Å²) in [5.41, 5.74) is 3.48. The summed E-state index contributed by atoms with van der Waals surface area (Å²) in [7, 11) is 3.46. The monoisotopic (exact) mass is 439 g/mol. The summed E-state index contributed by atoms with van der Waals surface area (Å²) in [6.07, 6.45) is 2.78. The first kappa shape index (κ1) is 21.7. The van der Waals surface area contributed by atoms with Gasteiger partial charge in [0.15, 0.2) is 0 Å². The highest BCUT2D eigenvalue weighted by Crippen LogP contribution is 2.40. The van der Waals surface area contributed by atoms with Crippen LogP contribution in [-0.2, 0) is 6.54 Å². The fraction of sp³-hybridized carbons (Fsp3) is 0.417. The van der Waals surface area contributed by atoms with Crippen molar-refractivity contribution in [1.82, 2.24) is 14.8 Å². The maximum Gasteiger partial charge on any atom is 0.264 e. The molecule has 0 unspecified atom stereocenters. The number of thiophene rings is 1. The average molecular weight is 440 g/mol. The number of aryl methyl sites for hydroxylation is 1. The van der Waals surface area contributed by atoms with E-state index in [1.54, 1.807) is 25.3 Å². The van der Waals surface area contributed by atoms with Gasteiger partial charge in [-0.05, 0) is 43.1 Å². The smallest absolute Gasteiger partial charge is 0.264 e. The van der Waals surface area contributed by atoms with Crippen LogP contribution in [-0.4, -0.2) is 66.2 Å². The summed E-state index contributed by atoms with van der Waals surface area (Å²) < 4.78 is 5.59. The van der Waals surface area contributed by atoms with Gasteiger partial charge < -0.3 is 14.7 Å². The number of aliphatic hydroxyl groups is 1. The Morgan fingerprint density at radius 3 is 3.00 bits per heavy atom. The van der Waals surface area contributed by atoms with Crippen LogP contribution in [0.2, 0.25) is 0 Å². The first-order valence-corrected chi connectivity index (χ1v) is 11.4. The molecule has 3 heterocycles. The Kier molecular flexibility index (Phi) is 6.55. The number of hydrogen-bond donors (Lipinski definition) is 1. The van der Waals surface area contributed by atoms with E-state index in [2.05, 4.69) is 41.1 Å². The molecule has 0 spiro atoms. The zero-order valence-electron chi connectivity index (χ0n) is 18.3. The van der Waals surface area contributed by atoms with Crippen LogP contribution in [0.3, 0.4) is 0 Å². The lowest BCUT2D eigenvalue weighted by molar-refractivity contribution is 0.0770. The third-order valence-electron chi connectivity index (χ3n) is 6.00. The average Bonchev–Trinajstić information content (AvgIpc) is 3.38. The molecular formula is C24H29N3O3S. The number of carbonyl (C=O) groups is 1. The summed E-state index contributed by atoms with van der Waals surface area (Å²) >= 11 is 1.46. The lowest BCUT2D eigenvalue weighted by atomic mass is 9.95. The highest BCUT2D eigenvalue weighted by Gasteiger charge is 2.32. The SMILES string of the molecule is COc1cc(C)ccc1CN1CC[C@H](c2c(C(=O)N(C)CCO)sc3ncccc23)C1. The number of ether oxygens (including phenoxy) is 1. The van der Waals surface area contributed by atoms with Crippen LogP contribution in [0.5, 0.6) is 5.75 Å². The van der Waals surface area contributed by atoms with Crippen LogP contribution >= 0.6 is 11.3 Å². The van der Waals surface area contributed by atoms with Gasteiger partial charge in [-0.3, -0.25) is 9.69 Å². The molecule has 3 aromatic rings. The van der Waals surface area contributed by atoms with Crippen molar-refractivity contribution in [2.45, 2.75) is 25.8 Å². The second-order valence-electron chi connectivity index (χ2n) is 8.19. The molecule has 0 saturated carbocycles. The van der Waals surface area contributed by atoms with Crippen molar-refractivity contribution in [3.8, 4) is 5.75 Å². The number of amides is 1. The Balaban J connectivity index is 1.61. The highest BCUT2D eigenvalue weighted by molar-refractivity contribution is 7.20. The molecule has 1 aliphatic rings. The van der Waals surface area contributed by atoms with Crippen LogP contribution in [0.25, 0.3) is 10.2 Å². The van der Waals surface area contributed by atoms with Crippen LogP contribution in [0.1, 0.15) is 38.7 Å². The molecule has 1 saturated heterocycles. The number of methoxy groups -OCH3 is 1. The van der Waals surface area contributed by atoms with E-state index in [0.29, 0.717) is 6.54 Å². The van der Waals surface area contributed by atoms with E-state index in [9.17, 15) is 9.90 Å². The fourth-order valence-electron chi connectivity index (χ4n) is 4.38. The number of benzene rings is 1. The summed E-state index contributed by atoms with van der Waals surface area (Å²) in [4.78, 5) is 23.3. The van der Waals surface area contributed by atoms with Gasteiger partial charge in [-0.2, -0.15) is 0 Å². The minimum absolute atomic E-state index is 0.0364. The molecule has 1 amide bonds. The van der Waals surface area contributed by atoms with Crippen molar-refractivity contribution in [3.05, 3.63) is 58.1 Å². The zero-order valence-corrected chi connectivity index (χ0v) is 19.1. The second kappa shape index (κ2) is 9.34. The number of likely N-dealkylation sites (tertiary alicyclic amines) is 1. The van der Waals surface area contributed by atoms with Gasteiger partial charge in [-0.1, -0.05) is 18.2 Å². The van der Waals surface area contributed by atoms with E-state index in [1.807, 2.05) is 6.07 Å². The number of pyridine rings is 1.